The van der Waals surface area contributed by atoms with Gasteiger partial charge < -0.3 is 0 Å². The highest BCUT2D eigenvalue weighted by molar-refractivity contribution is 6.05. The average molecular weight is 351 g/mol. The topological polar surface area (TPSA) is 12.4 Å². The van der Waals surface area contributed by atoms with Gasteiger partial charge in [0.15, 0.2) is 0 Å². The molecule has 0 radical (unpaired) electrons. The third-order valence-electron chi connectivity index (χ3n) is 5.42. The Labute approximate surface area is 161 Å². The van der Waals surface area contributed by atoms with Crippen LogP contribution in [0, 0.1) is 20.8 Å². The lowest BCUT2D eigenvalue weighted by atomic mass is 9.92. The van der Waals surface area contributed by atoms with Gasteiger partial charge in [0.1, 0.15) is 0 Å². The maximum atomic E-state index is 4.96. The highest BCUT2D eigenvalue weighted by Gasteiger charge is 2.14. The molecular formula is C26H25N. The molecule has 1 heteroatoms. The van der Waals surface area contributed by atoms with Crippen LogP contribution in [0.3, 0.4) is 0 Å². The second-order valence-electron chi connectivity index (χ2n) is 7.52. The van der Waals surface area contributed by atoms with E-state index in [1.165, 1.54) is 49.7 Å². The molecule has 0 unspecified atom stereocenters. The summed E-state index contributed by atoms with van der Waals surface area (Å²) < 4.78 is 0. The normalized spacial score (nSPS) is 14.1. The van der Waals surface area contributed by atoms with Gasteiger partial charge in [-0.25, -0.2) is 0 Å². The number of hydrogen-bond acceptors (Lipinski definition) is 1. The molecule has 0 aliphatic heterocycles. The van der Waals surface area contributed by atoms with Crippen molar-refractivity contribution in [3.8, 4) is 0 Å². The van der Waals surface area contributed by atoms with Crippen molar-refractivity contribution >= 4 is 28.2 Å². The van der Waals surface area contributed by atoms with Crippen LogP contribution in [0.1, 0.15) is 41.2 Å². The molecule has 0 N–H and O–H groups in total. The number of rotatable bonds is 3. The van der Waals surface area contributed by atoms with E-state index in [0.29, 0.717) is 0 Å². The maximum absolute atomic E-state index is 4.96. The van der Waals surface area contributed by atoms with Crippen LogP contribution in [0.4, 0.5) is 5.69 Å². The lowest BCUT2D eigenvalue weighted by Gasteiger charge is -2.13. The van der Waals surface area contributed by atoms with Crippen LogP contribution in [0.2, 0.25) is 0 Å². The Kier molecular flexibility index (Phi) is 4.53. The van der Waals surface area contributed by atoms with Crippen molar-refractivity contribution in [2.75, 3.05) is 0 Å². The van der Waals surface area contributed by atoms with Gasteiger partial charge in [0.05, 0.1) is 5.69 Å². The third kappa shape index (κ3) is 3.26. The predicted octanol–water partition coefficient (Wildman–Crippen LogP) is 7.25. The Bertz CT molecular complexity index is 1100. The largest absolute Gasteiger partial charge is 0.256 e. The monoisotopic (exact) mass is 351 g/mol. The number of hydrogen-bond donors (Lipinski definition) is 0. The molecule has 27 heavy (non-hydrogen) atoms. The van der Waals surface area contributed by atoms with Crippen LogP contribution in [0.5, 0.6) is 0 Å². The second-order valence-corrected chi connectivity index (χ2v) is 7.52. The van der Waals surface area contributed by atoms with E-state index in [9.17, 15) is 0 Å². The Hall–Kier alpha value is -2.93. The molecule has 0 bridgehead atoms. The molecule has 0 heterocycles. The average Bonchev–Trinajstić information content (AvgIpc) is 3.06. The zero-order chi connectivity index (χ0) is 19.0. The quantitative estimate of drug-likeness (QED) is 0.441. The van der Waals surface area contributed by atoms with E-state index in [-0.39, 0.29) is 0 Å². The fourth-order valence-corrected chi connectivity index (χ4v) is 4.14. The molecule has 4 rings (SSSR count). The van der Waals surface area contributed by atoms with Crippen LogP contribution >= 0.6 is 0 Å². The molecule has 0 fully saturated rings. The van der Waals surface area contributed by atoms with Crippen molar-refractivity contribution in [1.29, 1.82) is 0 Å². The van der Waals surface area contributed by atoms with Gasteiger partial charge in [-0.15, -0.1) is 0 Å². The fraction of sp³-hybridized carbons (Fsp3) is 0.192. The van der Waals surface area contributed by atoms with Gasteiger partial charge in [0.2, 0.25) is 0 Å². The van der Waals surface area contributed by atoms with Gasteiger partial charge in [0, 0.05) is 11.8 Å². The van der Waals surface area contributed by atoms with E-state index in [0.717, 1.165) is 12.1 Å². The highest BCUT2D eigenvalue weighted by atomic mass is 14.7. The fourth-order valence-electron chi connectivity index (χ4n) is 4.14. The number of nitrogens with zero attached hydrogens (tertiary/aromatic N) is 1. The molecule has 3 aromatic rings. The number of aliphatic imine (C=N–C) groups is 1. The van der Waals surface area contributed by atoms with Crippen LogP contribution < -0.4 is 0 Å². The van der Waals surface area contributed by atoms with Gasteiger partial charge in [-0.3, -0.25) is 4.99 Å². The molecular weight excluding hydrogens is 326 g/mol. The number of benzene rings is 3. The summed E-state index contributed by atoms with van der Waals surface area (Å²) in [6.07, 6.45) is 7.53. The number of aryl methyl sites for hydroxylation is 3. The predicted molar refractivity (Wildman–Crippen MR) is 118 cm³/mol. The molecule has 1 aliphatic rings. The van der Waals surface area contributed by atoms with E-state index in [1.807, 2.05) is 0 Å². The molecule has 1 aliphatic carbocycles. The highest BCUT2D eigenvalue weighted by Crippen LogP contribution is 2.34. The van der Waals surface area contributed by atoms with Gasteiger partial charge in [0.25, 0.3) is 0 Å². The first kappa shape index (κ1) is 17.5. The summed E-state index contributed by atoms with van der Waals surface area (Å²) in [4.78, 5) is 4.96. The van der Waals surface area contributed by atoms with Crippen molar-refractivity contribution in [2.24, 2.45) is 4.99 Å². The second kappa shape index (κ2) is 7.00. The molecule has 0 spiro atoms. The first-order valence-corrected chi connectivity index (χ1v) is 9.55. The summed E-state index contributed by atoms with van der Waals surface area (Å²) in [7, 11) is 0. The number of fused-ring (bicyclic) bond motifs is 1. The molecule has 0 aromatic heterocycles. The summed E-state index contributed by atoms with van der Waals surface area (Å²) in [5.41, 5.74) is 10.1. The van der Waals surface area contributed by atoms with E-state index in [4.69, 9.17) is 4.99 Å². The van der Waals surface area contributed by atoms with E-state index < -0.39 is 0 Å². The van der Waals surface area contributed by atoms with Crippen molar-refractivity contribution in [1.82, 2.24) is 0 Å². The lowest BCUT2D eigenvalue weighted by molar-refractivity contribution is 1.29. The van der Waals surface area contributed by atoms with Crippen LogP contribution in [-0.2, 0) is 0 Å². The van der Waals surface area contributed by atoms with Crippen molar-refractivity contribution in [3.63, 3.8) is 0 Å². The van der Waals surface area contributed by atoms with Gasteiger partial charge >= 0.3 is 0 Å². The van der Waals surface area contributed by atoms with Gasteiger partial charge in [-0.05, 0) is 72.7 Å². The summed E-state index contributed by atoms with van der Waals surface area (Å²) in [5.74, 6) is 0. The summed E-state index contributed by atoms with van der Waals surface area (Å²) >= 11 is 0. The van der Waals surface area contributed by atoms with Crippen LogP contribution in [0.15, 0.2) is 71.2 Å². The zero-order valence-corrected chi connectivity index (χ0v) is 16.5. The first-order chi connectivity index (χ1) is 13.0. The van der Waals surface area contributed by atoms with Crippen LogP contribution in [-0.4, -0.2) is 6.21 Å². The Balaban J connectivity index is 1.91. The molecule has 0 amide bonds. The SMILES string of the molecule is CC1=C(c2ccc3ccccc3c2/C=N/c2c(C)cc(C)cc2C)CC=C1. The van der Waals surface area contributed by atoms with E-state index >= 15 is 0 Å². The molecule has 0 atom stereocenters. The standard InChI is InChI=1S/C26H25N/c1-17-14-19(3)26(20(4)15-17)27-16-25-23-10-6-5-9-21(23)12-13-24(25)22-11-7-8-18(22)2/h5-10,12-16H,11H2,1-4H3/b27-16+. The summed E-state index contributed by atoms with van der Waals surface area (Å²) in [6.45, 7) is 8.62. The minimum atomic E-state index is 0.994. The summed E-state index contributed by atoms with van der Waals surface area (Å²) in [6, 6.07) is 17.5. The van der Waals surface area contributed by atoms with Gasteiger partial charge in [-0.1, -0.05) is 66.2 Å². The first-order valence-electron chi connectivity index (χ1n) is 9.55. The Morgan fingerprint density at radius 1 is 0.889 bits per heavy atom. The van der Waals surface area contributed by atoms with E-state index in [2.05, 4.69) is 94.6 Å². The maximum Gasteiger partial charge on any atom is 0.0688 e. The van der Waals surface area contributed by atoms with Crippen molar-refractivity contribution < 1.29 is 0 Å². The minimum Gasteiger partial charge on any atom is -0.256 e. The van der Waals surface area contributed by atoms with Crippen molar-refractivity contribution in [3.05, 3.63) is 94.1 Å². The summed E-state index contributed by atoms with van der Waals surface area (Å²) in [5, 5.41) is 2.51. The zero-order valence-electron chi connectivity index (χ0n) is 16.5. The third-order valence-corrected chi connectivity index (χ3v) is 5.42. The van der Waals surface area contributed by atoms with E-state index in [1.54, 1.807) is 0 Å². The smallest absolute Gasteiger partial charge is 0.0688 e. The number of allylic oxidation sites excluding steroid dienone is 4. The minimum absolute atomic E-state index is 0.994. The van der Waals surface area contributed by atoms with Crippen molar-refractivity contribution in [2.45, 2.75) is 34.1 Å². The van der Waals surface area contributed by atoms with Gasteiger partial charge in [-0.2, -0.15) is 0 Å². The molecule has 134 valence electrons. The van der Waals surface area contributed by atoms with Crippen LogP contribution in [0.25, 0.3) is 16.3 Å². The Morgan fingerprint density at radius 2 is 1.63 bits per heavy atom. The molecule has 0 saturated heterocycles. The molecule has 1 nitrogen and oxygen atoms in total. The molecule has 3 aromatic carbocycles. The molecule has 0 saturated carbocycles. The lowest BCUT2D eigenvalue weighted by Crippen LogP contribution is -1.95. The Morgan fingerprint density at radius 3 is 2.33 bits per heavy atom.